The van der Waals surface area contributed by atoms with Crippen LogP contribution in [-0.2, 0) is 0 Å². The van der Waals surface area contributed by atoms with Crippen molar-refractivity contribution in [2.75, 3.05) is 47.3 Å². The molecule has 0 saturated heterocycles. The van der Waals surface area contributed by atoms with Gasteiger partial charge in [0.25, 0.3) is 0 Å². The highest BCUT2D eigenvalue weighted by molar-refractivity contribution is 4.70. The fourth-order valence-electron chi connectivity index (χ4n) is 1.88. The molecule has 1 atom stereocenters. The Hall–Kier alpha value is -0.120. The van der Waals surface area contributed by atoms with E-state index in [4.69, 9.17) is 0 Å². The lowest BCUT2D eigenvalue weighted by Gasteiger charge is -2.27. The van der Waals surface area contributed by atoms with E-state index in [0.717, 1.165) is 13.1 Å². The molecule has 0 fully saturated rings. The van der Waals surface area contributed by atoms with Gasteiger partial charge >= 0.3 is 0 Å². The summed E-state index contributed by atoms with van der Waals surface area (Å²) in [6.07, 6.45) is 3.71. The molecule has 0 spiro atoms. The summed E-state index contributed by atoms with van der Waals surface area (Å²) in [6.45, 7) is 9.15. The summed E-state index contributed by atoms with van der Waals surface area (Å²) in [6, 6.07) is 0.689. The molecule has 0 heterocycles. The summed E-state index contributed by atoms with van der Waals surface area (Å²) in [5.41, 5.74) is 0. The first kappa shape index (κ1) is 15.9. The average molecular weight is 229 g/mol. The Labute approximate surface area is 102 Å². The van der Waals surface area contributed by atoms with Crippen LogP contribution >= 0.6 is 0 Å². The Morgan fingerprint density at radius 1 is 1.06 bits per heavy atom. The molecule has 0 saturated carbocycles. The number of nitrogens with one attached hydrogen (secondary N) is 1. The second kappa shape index (κ2) is 10.1. The van der Waals surface area contributed by atoms with Gasteiger partial charge in [0.2, 0.25) is 0 Å². The second-order valence-corrected chi connectivity index (χ2v) is 4.90. The lowest BCUT2D eigenvalue weighted by Crippen LogP contribution is -2.40. The third-order valence-electron chi connectivity index (χ3n) is 3.02. The Bertz CT molecular complexity index is 148. The smallest absolute Gasteiger partial charge is 0.0214 e. The summed E-state index contributed by atoms with van der Waals surface area (Å²) >= 11 is 0. The first-order valence-corrected chi connectivity index (χ1v) is 6.67. The number of rotatable bonds is 10. The van der Waals surface area contributed by atoms with E-state index in [0.29, 0.717) is 6.04 Å². The van der Waals surface area contributed by atoms with Crippen molar-refractivity contribution in [2.45, 2.75) is 39.2 Å². The predicted octanol–water partition coefficient (Wildman–Crippen LogP) is 1.65. The number of nitrogens with zero attached hydrogens (tertiary/aromatic N) is 2. The molecule has 0 aromatic rings. The minimum Gasteiger partial charge on any atom is -0.315 e. The van der Waals surface area contributed by atoms with Crippen LogP contribution in [0.4, 0.5) is 0 Å². The topological polar surface area (TPSA) is 18.5 Å². The van der Waals surface area contributed by atoms with Gasteiger partial charge in [0.05, 0.1) is 0 Å². The van der Waals surface area contributed by atoms with Crippen molar-refractivity contribution in [2.24, 2.45) is 0 Å². The SMILES string of the molecule is CCCNCC(CC)N(C)CCCN(C)C. The van der Waals surface area contributed by atoms with Gasteiger partial charge in [0, 0.05) is 12.6 Å². The van der Waals surface area contributed by atoms with Crippen LogP contribution in [0, 0.1) is 0 Å². The lowest BCUT2D eigenvalue weighted by molar-refractivity contribution is 0.218. The Kier molecular flexibility index (Phi) is 9.99. The maximum Gasteiger partial charge on any atom is 0.0214 e. The van der Waals surface area contributed by atoms with Gasteiger partial charge in [-0.1, -0.05) is 13.8 Å². The molecule has 0 aromatic heterocycles. The molecule has 0 aromatic carbocycles. The molecule has 0 aliphatic rings. The highest BCUT2D eigenvalue weighted by Crippen LogP contribution is 2.01. The van der Waals surface area contributed by atoms with Crippen molar-refractivity contribution in [3.05, 3.63) is 0 Å². The number of likely N-dealkylation sites (N-methyl/N-ethyl adjacent to an activating group) is 1. The molecule has 3 nitrogen and oxygen atoms in total. The molecule has 0 amide bonds. The van der Waals surface area contributed by atoms with Crippen molar-refractivity contribution >= 4 is 0 Å². The summed E-state index contributed by atoms with van der Waals surface area (Å²) in [4.78, 5) is 4.75. The Morgan fingerprint density at radius 2 is 1.75 bits per heavy atom. The fourth-order valence-corrected chi connectivity index (χ4v) is 1.88. The summed E-state index contributed by atoms with van der Waals surface area (Å²) in [5.74, 6) is 0. The van der Waals surface area contributed by atoms with E-state index in [2.05, 4.69) is 50.1 Å². The monoisotopic (exact) mass is 229 g/mol. The van der Waals surface area contributed by atoms with Crippen LogP contribution in [0.2, 0.25) is 0 Å². The molecule has 0 aliphatic carbocycles. The normalized spacial score (nSPS) is 13.7. The molecule has 3 heteroatoms. The van der Waals surface area contributed by atoms with Gasteiger partial charge in [-0.2, -0.15) is 0 Å². The van der Waals surface area contributed by atoms with E-state index >= 15 is 0 Å². The van der Waals surface area contributed by atoms with Crippen LogP contribution in [-0.4, -0.2) is 63.2 Å². The third-order valence-corrected chi connectivity index (χ3v) is 3.02. The predicted molar refractivity (Wildman–Crippen MR) is 73.0 cm³/mol. The highest BCUT2D eigenvalue weighted by atomic mass is 15.2. The van der Waals surface area contributed by atoms with Gasteiger partial charge in [-0.05, 0) is 60.0 Å². The van der Waals surface area contributed by atoms with Gasteiger partial charge in [-0.3, -0.25) is 0 Å². The molecule has 98 valence electrons. The van der Waals surface area contributed by atoms with E-state index in [9.17, 15) is 0 Å². The first-order valence-electron chi connectivity index (χ1n) is 6.67. The van der Waals surface area contributed by atoms with Crippen LogP contribution in [0.25, 0.3) is 0 Å². The van der Waals surface area contributed by atoms with E-state index in [1.807, 2.05) is 0 Å². The highest BCUT2D eigenvalue weighted by Gasteiger charge is 2.11. The van der Waals surface area contributed by atoms with Crippen LogP contribution in [0.5, 0.6) is 0 Å². The standard InChI is InChI=1S/C13H31N3/c1-6-9-14-12-13(7-2)16(5)11-8-10-15(3)4/h13-14H,6-12H2,1-5H3. The molecular weight excluding hydrogens is 198 g/mol. The quantitative estimate of drug-likeness (QED) is 0.575. The van der Waals surface area contributed by atoms with Gasteiger partial charge in [0.15, 0.2) is 0 Å². The van der Waals surface area contributed by atoms with Crippen LogP contribution in [0.1, 0.15) is 33.1 Å². The van der Waals surface area contributed by atoms with Gasteiger partial charge in [0.1, 0.15) is 0 Å². The molecule has 16 heavy (non-hydrogen) atoms. The largest absolute Gasteiger partial charge is 0.315 e. The zero-order valence-corrected chi connectivity index (χ0v) is 11.9. The van der Waals surface area contributed by atoms with Gasteiger partial charge in [-0.15, -0.1) is 0 Å². The Morgan fingerprint density at radius 3 is 2.25 bits per heavy atom. The van der Waals surface area contributed by atoms with Crippen molar-refractivity contribution in [3.63, 3.8) is 0 Å². The molecule has 0 rings (SSSR count). The zero-order valence-electron chi connectivity index (χ0n) is 11.9. The fraction of sp³-hybridized carbons (Fsp3) is 1.00. The minimum atomic E-state index is 0.689. The number of hydrogen-bond donors (Lipinski definition) is 1. The summed E-state index contributed by atoms with van der Waals surface area (Å²) in [5, 5.41) is 3.51. The maximum atomic E-state index is 3.51. The van der Waals surface area contributed by atoms with E-state index in [1.165, 1.54) is 32.4 Å². The maximum absolute atomic E-state index is 3.51. The summed E-state index contributed by atoms with van der Waals surface area (Å²) < 4.78 is 0. The molecular formula is C13H31N3. The molecule has 0 aliphatic heterocycles. The Balaban J connectivity index is 3.68. The van der Waals surface area contributed by atoms with Crippen molar-refractivity contribution < 1.29 is 0 Å². The lowest BCUT2D eigenvalue weighted by atomic mass is 10.2. The minimum absolute atomic E-state index is 0.689. The van der Waals surface area contributed by atoms with E-state index in [1.54, 1.807) is 0 Å². The van der Waals surface area contributed by atoms with E-state index in [-0.39, 0.29) is 0 Å². The van der Waals surface area contributed by atoms with Crippen molar-refractivity contribution in [3.8, 4) is 0 Å². The zero-order chi connectivity index (χ0) is 12.4. The van der Waals surface area contributed by atoms with E-state index < -0.39 is 0 Å². The van der Waals surface area contributed by atoms with Crippen LogP contribution < -0.4 is 5.32 Å². The second-order valence-electron chi connectivity index (χ2n) is 4.90. The van der Waals surface area contributed by atoms with Gasteiger partial charge < -0.3 is 15.1 Å². The van der Waals surface area contributed by atoms with Gasteiger partial charge in [-0.25, -0.2) is 0 Å². The van der Waals surface area contributed by atoms with Crippen LogP contribution in [0.15, 0.2) is 0 Å². The third kappa shape index (κ3) is 8.08. The van der Waals surface area contributed by atoms with Crippen LogP contribution in [0.3, 0.4) is 0 Å². The van der Waals surface area contributed by atoms with Crippen molar-refractivity contribution in [1.29, 1.82) is 0 Å². The summed E-state index contributed by atoms with van der Waals surface area (Å²) in [7, 11) is 6.53. The first-order chi connectivity index (χ1) is 7.61. The number of hydrogen-bond acceptors (Lipinski definition) is 3. The molecule has 1 N–H and O–H groups in total. The average Bonchev–Trinajstić information content (AvgIpc) is 2.23. The van der Waals surface area contributed by atoms with Crippen molar-refractivity contribution in [1.82, 2.24) is 15.1 Å². The molecule has 0 bridgehead atoms. The molecule has 0 radical (unpaired) electrons. The molecule has 1 unspecified atom stereocenters.